The van der Waals surface area contributed by atoms with Gasteiger partial charge in [0.15, 0.2) is 5.82 Å². The van der Waals surface area contributed by atoms with Gasteiger partial charge in [-0.2, -0.15) is 4.98 Å². The zero-order valence-corrected chi connectivity index (χ0v) is 12.0. The third-order valence-corrected chi connectivity index (χ3v) is 4.59. The fraction of sp³-hybridized carbons (Fsp3) is 0.857. The van der Waals surface area contributed by atoms with Gasteiger partial charge in [0, 0.05) is 18.0 Å². The van der Waals surface area contributed by atoms with E-state index in [4.69, 9.17) is 10.3 Å². The predicted octanol–water partition coefficient (Wildman–Crippen LogP) is 1.75. The Hall–Kier alpha value is -0.940. The van der Waals surface area contributed by atoms with Crippen LogP contribution in [0.5, 0.6) is 0 Å². The number of rotatable bonds is 6. The average Bonchev–Trinajstić information content (AvgIpc) is 3.25. The molecule has 3 atom stereocenters. The molecule has 0 spiro atoms. The van der Waals surface area contributed by atoms with E-state index in [-0.39, 0.29) is 11.5 Å². The highest BCUT2D eigenvalue weighted by Crippen LogP contribution is 2.47. The summed E-state index contributed by atoms with van der Waals surface area (Å²) in [7, 11) is 0. The molecule has 3 N–H and O–H groups in total. The third-order valence-electron chi connectivity index (χ3n) is 4.59. The minimum absolute atomic E-state index is 0.112. The van der Waals surface area contributed by atoms with Gasteiger partial charge in [0.25, 0.3) is 0 Å². The van der Waals surface area contributed by atoms with E-state index in [9.17, 15) is 0 Å². The second-order valence-electron chi connectivity index (χ2n) is 6.71. The van der Waals surface area contributed by atoms with Gasteiger partial charge in [-0.3, -0.25) is 0 Å². The maximum atomic E-state index is 6.05. The predicted molar refractivity (Wildman–Crippen MR) is 72.5 cm³/mol. The second kappa shape index (κ2) is 4.56. The summed E-state index contributed by atoms with van der Waals surface area (Å²) >= 11 is 0. The Morgan fingerprint density at radius 1 is 1.47 bits per heavy atom. The Labute approximate surface area is 114 Å². The molecule has 2 aliphatic carbocycles. The van der Waals surface area contributed by atoms with Gasteiger partial charge >= 0.3 is 0 Å². The first-order valence-corrected chi connectivity index (χ1v) is 7.35. The Bertz CT molecular complexity index is 452. The molecule has 2 aliphatic rings. The minimum atomic E-state index is -0.159. The fourth-order valence-electron chi connectivity index (χ4n) is 2.43. The highest BCUT2D eigenvalue weighted by Gasteiger charge is 2.49. The monoisotopic (exact) mass is 264 g/mol. The topological polar surface area (TPSA) is 77.0 Å². The quantitative estimate of drug-likeness (QED) is 0.818. The number of hydrogen-bond donors (Lipinski definition) is 2. The van der Waals surface area contributed by atoms with Crippen molar-refractivity contribution in [2.24, 2.45) is 17.6 Å². The first-order chi connectivity index (χ1) is 9.02. The van der Waals surface area contributed by atoms with E-state index >= 15 is 0 Å². The molecule has 2 saturated carbocycles. The summed E-state index contributed by atoms with van der Waals surface area (Å²) in [4.78, 5) is 4.54. The number of nitrogens with zero attached hydrogens (tertiary/aromatic N) is 2. The van der Waals surface area contributed by atoms with Crippen molar-refractivity contribution in [1.29, 1.82) is 0 Å². The van der Waals surface area contributed by atoms with Crippen LogP contribution in [-0.4, -0.2) is 22.7 Å². The van der Waals surface area contributed by atoms with Crippen molar-refractivity contribution in [1.82, 2.24) is 15.5 Å². The van der Waals surface area contributed by atoms with Crippen LogP contribution in [0.1, 0.15) is 57.8 Å². The van der Waals surface area contributed by atoms with Crippen LogP contribution >= 0.6 is 0 Å². The average molecular weight is 264 g/mol. The summed E-state index contributed by atoms with van der Waals surface area (Å²) in [6.07, 6.45) is 3.60. The third kappa shape index (κ3) is 2.54. The zero-order chi connectivity index (χ0) is 13.6. The van der Waals surface area contributed by atoms with Crippen molar-refractivity contribution in [3.05, 3.63) is 11.7 Å². The van der Waals surface area contributed by atoms with E-state index in [1.807, 2.05) is 0 Å². The lowest BCUT2D eigenvalue weighted by molar-refractivity contribution is 0.320. The van der Waals surface area contributed by atoms with Crippen molar-refractivity contribution in [3.63, 3.8) is 0 Å². The van der Waals surface area contributed by atoms with E-state index < -0.39 is 0 Å². The lowest BCUT2D eigenvalue weighted by atomic mass is 10.0. The Morgan fingerprint density at radius 3 is 2.68 bits per heavy atom. The molecule has 2 fully saturated rings. The van der Waals surface area contributed by atoms with Crippen molar-refractivity contribution < 1.29 is 4.52 Å². The summed E-state index contributed by atoms with van der Waals surface area (Å²) in [5, 5.41) is 7.78. The smallest absolute Gasteiger partial charge is 0.243 e. The summed E-state index contributed by atoms with van der Waals surface area (Å²) in [5.74, 6) is 2.57. The molecule has 1 aromatic heterocycles. The highest BCUT2D eigenvalue weighted by atomic mass is 16.5. The standard InChI is InChI=1S/C14H24N4O/c1-8(2)11(15)12-17-13(18-19-12)14(4-5-14)7-16-10-6-9(10)3/h8-11,16H,4-7,15H2,1-3H3/t9-,10-,11+/m1/s1. The Kier molecular flexibility index (Phi) is 3.14. The SMILES string of the molecule is CC(C)[C@H](N)c1nc(C2(CN[C@@H]3C[C@H]3C)CC2)no1. The van der Waals surface area contributed by atoms with Gasteiger partial charge in [-0.05, 0) is 31.1 Å². The first kappa shape index (κ1) is 13.1. The molecular weight excluding hydrogens is 240 g/mol. The Morgan fingerprint density at radius 2 is 2.16 bits per heavy atom. The largest absolute Gasteiger partial charge is 0.338 e. The van der Waals surface area contributed by atoms with E-state index in [0.717, 1.165) is 31.1 Å². The van der Waals surface area contributed by atoms with Gasteiger partial charge in [0.1, 0.15) is 0 Å². The summed E-state index contributed by atoms with van der Waals surface area (Å²) in [6.45, 7) is 7.39. The molecule has 5 nitrogen and oxygen atoms in total. The van der Waals surface area contributed by atoms with Crippen molar-refractivity contribution >= 4 is 0 Å². The van der Waals surface area contributed by atoms with Gasteiger partial charge in [0.05, 0.1) is 6.04 Å². The van der Waals surface area contributed by atoms with Gasteiger partial charge < -0.3 is 15.6 Å². The number of hydrogen-bond acceptors (Lipinski definition) is 5. The lowest BCUT2D eigenvalue weighted by Crippen LogP contribution is -2.30. The molecule has 1 heterocycles. The van der Waals surface area contributed by atoms with Gasteiger partial charge in [0.2, 0.25) is 5.89 Å². The molecule has 106 valence electrons. The van der Waals surface area contributed by atoms with Crippen LogP contribution in [0.4, 0.5) is 0 Å². The normalized spacial score (nSPS) is 29.5. The summed E-state index contributed by atoms with van der Waals surface area (Å²) in [6, 6.07) is 0.537. The second-order valence-corrected chi connectivity index (χ2v) is 6.71. The molecule has 0 bridgehead atoms. The zero-order valence-electron chi connectivity index (χ0n) is 12.0. The van der Waals surface area contributed by atoms with Crippen LogP contribution in [0.2, 0.25) is 0 Å². The summed E-state index contributed by atoms with van der Waals surface area (Å²) < 4.78 is 5.34. The van der Waals surface area contributed by atoms with Crippen LogP contribution in [0, 0.1) is 11.8 Å². The summed E-state index contributed by atoms with van der Waals surface area (Å²) in [5.41, 5.74) is 6.17. The maximum Gasteiger partial charge on any atom is 0.243 e. The van der Waals surface area contributed by atoms with Crippen molar-refractivity contribution in [3.8, 4) is 0 Å². The molecule has 0 saturated heterocycles. The van der Waals surface area contributed by atoms with Gasteiger partial charge in [-0.1, -0.05) is 25.9 Å². The molecule has 0 radical (unpaired) electrons. The van der Waals surface area contributed by atoms with E-state index in [2.05, 4.69) is 36.2 Å². The van der Waals surface area contributed by atoms with E-state index in [1.54, 1.807) is 0 Å². The van der Waals surface area contributed by atoms with E-state index in [0.29, 0.717) is 17.9 Å². The van der Waals surface area contributed by atoms with Crippen molar-refractivity contribution in [2.75, 3.05) is 6.54 Å². The highest BCUT2D eigenvalue weighted by molar-refractivity contribution is 5.19. The van der Waals surface area contributed by atoms with Crippen LogP contribution < -0.4 is 11.1 Å². The molecular formula is C14H24N4O. The minimum Gasteiger partial charge on any atom is -0.338 e. The molecule has 0 aliphatic heterocycles. The van der Waals surface area contributed by atoms with Crippen LogP contribution in [0.25, 0.3) is 0 Å². The Balaban J connectivity index is 1.64. The van der Waals surface area contributed by atoms with Crippen LogP contribution in [0.15, 0.2) is 4.52 Å². The molecule has 0 aromatic carbocycles. The molecule has 5 heteroatoms. The van der Waals surface area contributed by atoms with Crippen LogP contribution in [-0.2, 0) is 5.41 Å². The molecule has 0 amide bonds. The molecule has 3 rings (SSSR count). The fourth-order valence-corrected chi connectivity index (χ4v) is 2.43. The molecule has 1 aromatic rings. The van der Waals surface area contributed by atoms with Crippen LogP contribution in [0.3, 0.4) is 0 Å². The number of aromatic nitrogens is 2. The van der Waals surface area contributed by atoms with Crippen molar-refractivity contribution in [2.45, 2.75) is 57.5 Å². The first-order valence-electron chi connectivity index (χ1n) is 7.35. The number of nitrogens with one attached hydrogen (secondary N) is 1. The lowest BCUT2D eigenvalue weighted by Gasteiger charge is -2.12. The van der Waals surface area contributed by atoms with E-state index in [1.165, 1.54) is 6.42 Å². The van der Waals surface area contributed by atoms with Gasteiger partial charge in [-0.15, -0.1) is 0 Å². The molecule has 19 heavy (non-hydrogen) atoms. The number of nitrogens with two attached hydrogens (primary N) is 1. The maximum absolute atomic E-state index is 6.05. The molecule has 0 unspecified atom stereocenters. The van der Waals surface area contributed by atoms with Gasteiger partial charge in [-0.25, -0.2) is 0 Å².